The van der Waals surface area contributed by atoms with Crippen molar-refractivity contribution in [1.82, 2.24) is 20.3 Å². The van der Waals surface area contributed by atoms with Crippen molar-refractivity contribution in [2.45, 2.75) is 32.0 Å². The van der Waals surface area contributed by atoms with Crippen LogP contribution in [0.4, 0.5) is 4.39 Å². The highest BCUT2D eigenvalue weighted by Crippen LogP contribution is 2.21. The number of benzene rings is 2. The Bertz CT molecular complexity index is 959. The standard InChI is InChI=1S/C21H23FN4O3/c1-3-18(14-8-10-15(29-2)11-9-14)23-21(28)19-12-26(25-24-19)13-20(27)16-6-4-5-7-17(16)22/h4-12,18,20,27H,3,13H2,1-2H3,(H,23,28)/t18-,20-/m0/s1. The van der Waals surface area contributed by atoms with Crippen LogP contribution in [0.5, 0.6) is 5.75 Å². The fraction of sp³-hybridized carbons (Fsp3) is 0.286. The van der Waals surface area contributed by atoms with Gasteiger partial charge in [0.1, 0.15) is 17.7 Å². The number of rotatable bonds is 8. The van der Waals surface area contributed by atoms with E-state index < -0.39 is 11.9 Å². The number of hydrogen-bond donors (Lipinski definition) is 2. The largest absolute Gasteiger partial charge is 0.497 e. The Kier molecular flexibility index (Phi) is 6.56. The molecule has 1 amide bonds. The summed E-state index contributed by atoms with van der Waals surface area (Å²) in [5.41, 5.74) is 1.24. The fourth-order valence-corrected chi connectivity index (χ4v) is 3.00. The summed E-state index contributed by atoms with van der Waals surface area (Å²) in [7, 11) is 1.60. The van der Waals surface area contributed by atoms with Crippen molar-refractivity contribution in [3.05, 3.63) is 77.4 Å². The lowest BCUT2D eigenvalue weighted by Gasteiger charge is -2.17. The van der Waals surface area contributed by atoms with Crippen LogP contribution < -0.4 is 10.1 Å². The Labute approximate surface area is 168 Å². The van der Waals surface area contributed by atoms with Gasteiger partial charge in [-0.3, -0.25) is 4.79 Å². The molecule has 3 rings (SSSR count). The monoisotopic (exact) mass is 398 g/mol. The van der Waals surface area contributed by atoms with Crippen molar-refractivity contribution in [3.63, 3.8) is 0 Å². The molecule has 8 heteroatoms. The zero-order chi connectivity index (χ0) is 20.8. The van der Waals surface area contributed by atoms with Gasteiger partial charge in [0.05, 0.1) is 25.9 Å². The summed E-state index contributed by atoms with van der Waals surface area (Å²) >= 11 is 0. The van der Waals surface area contributed by atoms with Gasteiger partial charge in [-0.05, 0) is 30.2 Å². The summed E-state index contributed by atoms with van der Waals surface area (Å²) in [5, 5.41) is 20.9. The van der Waals surface area contributed by atoms with Crippen LogP contribution in [0.25, 0.3) is 0 Å². The molecule has 152 valence electrons. The summed E-state index contributed by atoms with van der Waals surface area (Å²) in [6, 6.07) is 13.3. The summed E-state index contributed by atoms with van der Waals surface area (Å²) in [6.45, 7) is 1.95. The molecule has 7 nitrogen and oxygen atoms in total. The molecule has 2 N–H and O–H groups in total. The van der Waals surface area contributed by atoms with Crippen LogP contribution in [0.1, 0.15) is 47.1 Å². The van der Waals surface area contributed by atoms with Crippen LogP contribution in [0, 0.1) is 5.82 Å². The molecular weight excluding hydrogens is 375 g/mol. The third kappa shape index (κ3) is 4.97. The first kappa shape index (κ1) is 20.5. The Morgan fingerprint density at radius 3 is 2.62 bits per heavy atom. The van der Waals surface area contributed by atoms with E-state index in [-0.39, 0.29) is 29.8 Å². The van der Waals surface area contributed by atoms with Gasteiger partial charge in [0.25, 0.3) is 5.91 Å². The number of nitrogens with zero attached hydrogens (tertiary/aromatic N) is 3. The molecule has 3 aromatic rings. The number of carbonyl (C=O) groups excluding carboxylic acids is 1. The molecular formula is C21H23FN4O3. The first-order valence-corrected chi connectivity index (χ1v) is 9.29. The second kappa shape index (κ2) is 9.29. The van der Waals surface area contributed by atoms with Gasteiger partial charge in [0.2, 0.25) is 0 Å². The summed E-state index contributed by atoms with van der Waals surface area (Å²) in [4.78, 5) is 12.6. The Morgan fingerprint density at radius 1 is 1.24 bits per heavy atom. The topological polar surface area (TPSA) is 89.3 Å². The van der Waals surface area contributed by atoms with E-state index in [0.717, 1.165) is 11.3 Å². The molecule has 0 unspecified atom stereocenters. The predicted molar refractivity (Wildman–Crippen MR) is 105 cm³/mol. The Hall–Kier alpha value is -3.26. The first-order valence-electron chi connectivity index (χ1n) is 9.29. The van der Waals surface area contributed by atoms with Crippen LogP contribution >= 0.6 is 0 Å². The van der Waals surface area contributed by atoms with Crippen LogP contribution in [0.15, 0.2) is 54.7 Å². The second-order valence-corrected chi connectivity index (χ2v) is 6.57. The maximum atomic E-state index is 13.8. The molecule has 0 aliphatic carbocycles. The minimum absolute atomic E-state index is 0.0170. The van der Waals surface area contributed by atoms with Crippen LogP contribution in [0.2, 0.25) is 0 Å². The lowest BCUT2D eigenvalue weighted by atomic mass is 10.0. The van der Waals surface area contributed by atoms with Crippen LogP contribution in [-0.2, 0) is 6.54 Å². The third-order valence-corrected chi connectivity index (χ3v) is 4.63. The fourth-order valence-electron chi connectivity index (χ4n) is 3.00. The van der Waals surface area contributed by atoms with Crippen molar-refractivity contribution in [2.24, 2.45) is 0 Å². The summed E-state index contributed by atoms with van der Waals surface area (Å²) < 4.78 is 20.3. The third-order valence-electron chi connectivity index (χ3n) is 4.63. The minimum atomic E-state index is -1.10. The lowest BCUT2D eigenvalue weighted by Crippen LogP contribution is -2.28. The van der Waals surface area contributed by atoms with Gasteiger partial charge in [0, 0.05) is 5.56 Å². The molecule has 0 aliphatic rings. The number of methoxy groups -OCH3 is 1. The molecule has 1 aromatic heterocycles. The zero-order valence-corrected chi connectivity index (χ0v) is 16.2. The molecule has 2 atom stereocenters. The molecule has 2 aromatic carbocycles. The van der Waals surface area contributed by atoms with E-state index in [1.54, 1.807) is 19.2 Å². The first-order chi connectivity index (χ1) is 14.0. The van der Waals surface area contributed by atoms with Crippen molar-refractivity contribution in [1.29, 1.82) is 0 Å². The quantitative estimate of drug-likeness (QED) is 0.609. The molecule has 0 saturated carbocycles. The number of nitrogens with one attached hydrogen (secondary N) is 1. The summed E-state index contributed by atoms with van der Waals surface area (Å²) in [5.74, 6) is -0.131. The lowest BCUT2D eigenvalue weighted by molar-refractivity contribution is 0.0930. The second-order valence-electron chi connectivity index (χ2n) is 6.57. The van der Waals surface area contributed by atoms with E-state index in [0.29, 0.717) is 6.42 Å². The van der Waals surface area contributed by atoms with Gasteiger partial charge < -0.3 is 15.2 Å². The van der Waals surface area contributed by atoms with E-state index >= 15 is 0 Å². The van der Waals surface area contributed by atoms with Crippen molar-refractivity contribution < 1.29 is 19.0 Å². The molecule has 0 saturated heterocycles. The highest BCUT2D eigenvalue weighted by atomic mass is 19.1. The molecule has 0 bridgehead atoms. The maximum Gasteiger partial charge on any atom is 0.273 e. The van der Waals surface area contributed by atoms with Crippen molar-refractivity contribution in [2.75, 3.05) is 7.11 Å². The number of ether oxygens (including phenoxy) is 1. The van der Waals surface area contributed by atoms with Gasteiger partial charge >= 0.3 is 0 Å². The average molecular weight is 398 g/mol. The van der Waals surface area contributed by atoms with E-state index in [9.17, 15) is 14.3 Å². The highest BCUT2D eigenvalue weighted by Gasteiger charge is 2.19. The predicted octanol–water partition coefficient (Wildman–Crippen LogP) is 3.04. The number of halogens is 1. The normalized spacial score (nSPS) is 13.0. The van der Waals surface area contributed by atoms with Crippen LogP contribution in [-0.4, -0.2) is 33.1 Å². The highest BCUT2D eigenvalue weighted by molar-refractivity contribution is 5.92. The van der Waals surface area contributed by atoms with Gasteiger partial charge in [-0.2, -0.15) is 0 Å². The number of carbonyl (C=O) groups is 1. The van der Waals surface area contributed by atoms with E-state index in [1.165, 1.54) is 23.0 Å². The SMILES string of the molecule is CC[C@H](NC(=O)c1cn(C[C@H](O)c2ccccc2F)nn1)c1ccc(OC)cc1. The number of hydrogen-bond acceptors (Lipinski definition) is 5. The van der Waals surface area contributed by atoms with Crippen LogP contribution in [0.3, 0.4) is 0 Å². The van der Waals surface area contributed by atoms with Crippen molar-refractivity contribution >= 4 is 5.91 Å². The molecule has 1 heterocycles. The van der Waals surface area contributed by atoms with E-state index in [1.807, 2.05) is 31.2 Å². The van der Waals surface area contributed by atoms with Gasteiger partial charge in [0.15, 0.2) is 5.69 Å². The zero-order valence-electron chi connectivity index (χ0n) is 16.2. The van der Waals surface area contributed by atoms with E-state index in [4.69, 9.17) is 4.74 Å². The molecule has 0 aliphatic heterocycles. The number of aliphatic hydroxyl groups is 1. The Morgan fingerprint density at radius 2 is 1.97 bits per heavy atom. The molecule has 0 radical (unpaired) electrons. The molecule has 0 fully saturated rings. The minimum Gasteiger partial charge on any atom is -0.497 e. The maximum absolute atomic E-state index is 13.8. The Balaban J connectivity index is 1.65. The molecule has 0 spiro atoms. The number of aliphatic hydroxyl groups excluding tert-OH is 1. The van der Waals surface area contributed by atoms with Crippen molar-refractivity contribution in [3.8, 4) is 5.75 Å². The average Bonchev–Trinajstić information content (AvgIpc) is 3.21. The van der Waals surface area contributed by atoms with Gasteiger partial charge in [-0.25, -0.2) is 9.07 Å². The molecule has 29 heavy (non-hydrogen) atoms. The van der Waals surface area contributed by atoms with Gasteiger partial charge in [-0.1, -0.05) is 42.5 Å². The smallest absolute Gasteiger partial charge is 0.273 e. The number of amides is 1. The van der Waals surface area contributed by atoms with E-state index in [2.05, 4.69) is 15.6 Å². The summed E-state index contributed by atoms with van der Waals surface area (Å²) in [6.07, 6.45) is 1.02. The number of aromatic nitrogens is 3. The van der Waals surface area contributed by atoms with Gasteiger partial charge in [-0.15, -0.1) is 5.10 Å².